The first-order chi connectivity index (χ1) is 10.2. The van der Waals surface area contributed by atoms with Gasteiger partial charge in [0.05, 0.1) is 10.7 Å². The molecule has 0 aliphatic heterocycles. The summed E-state index contributed by atoms with van der Waals surface area (Å²) in [5, 5.41) is 6.09. The average Bonchev–Trinajstić information content (AvgIpc) is 3.17. The van der Waals surface area contributed by atoms with E-state index in [2.05, 4.69) is 14.9 Å². The number of thiazole rings is 2. The monoisotopic (exact) mass is 319 g/mol. The Morgan fingerprint density at radius 2 is 2.00 bits per heavy atom. The fraction of sp³-hybridized carbons (Fsp3) is 0.200. The zero-order valence-corrected chi connectivity index (χ0v) is 13.1. The standard InChI is InChI=1S/C15H14FN3S2/c1-19(8-6-14-17-7-9-20-14)15-18-13(10-21-15)11-2-4-12(16)5-3-11/h2-5,7,9-10H,6,8H2,1H3. The zero-order chi connectivity index (χ0) is 14.7. The second kappa shape index (κ2) is 6.32. The summed E-state index contributed by atoms with van der Waals surface area (Å²) >= 11 is 3.27. The van der Waals surface area contributed by atoms with E-state index in [1.807, 2.05) is 24.0 Å². The lowest BCUT2D eigenvalue weighted by atomic mass is 10.2. The van der Waals surface area contributed by atoms with E-state index in [1.54, 1.807) is 34.8 Å². The molecule has 21 heavy (non-hydrogen) atoms. The third-order valence-electron chi connectivity index (χ3n) is 3.10. The number of aromatic nitrogens is 2. The molecule has 3 nitrogen and oxygen atoms in total. The van der Waals surface area contributed by atoms with Crippen LogP contribution in [0.15, 0.2) is 41.2 Å². The van der Waals surface area contributed by atoms with Gasteiger partial charge < -0.3 is 4.90 Å². The van der Waals surface area contributed by atoms with Crippen molar-refractivity contribution in [1.29, 1.82) is 0 Å². The minimum absolute atomic E-state index is 0.227. The van der Waals surface area contributed by atoms with Gasteiger partial charge in [-0.2, -0.15) is 0 Å². The molecule has 0 aliphatic rings. The molecule has 0 saturated carbocycles. The number of nitrogens with zero attached hydrogens (tertiary/aromatic N) is 3. The molecule has 0 amide bonds. The van der Waals surface area contributed by atoms with Crippen LogP contribution in [-0.4, -0.2) is 23.6 Å². The van der Waals surface area contributed by atoms with Gasteiger partial charge in [0.15, 0.2) is 5.13 Å². The number of rotatable bonds is 5. The van der Waals surface area contributed by atoms with Gasteiger partial charge in [0.1, 0.15) is 5.82 Å². The largest absolute Gasteiger partial charge is 0.351 e. The van der Waals surface area contributed by atoms with Gasteiger partial charge in [-0.1, -0.05) is 0 Å². The van der Waals surface area contributed by atoms with Crippen LogP contribution < -0.4 is 4.90 Å². The third-order valence-corrected chi connectivity index (χ3v) is 4.90. The first-order valence-corrected chi connectivity index (χ1v) is 8.29. The van der Waals surface area contributed by atoms with Crippen molar-refractivity contribution in [3.8, 4) is 11.3 Å². The van der Waals surface area contributed by atoms with Gasteiger partial charge in [-0.15, -0.1) is 22.7 Å². The molecule has 3 rings (SSSR count). The maximum Gasteiger partial charge on any atom is 0.185 e. The SMILES string of the molecule is CN(CCc1nccs1)c1nc(-c2ccc(F)cc2)cs1. The van der Waals surface area contributed by atoms with Gasteiger partial charge in [0.25, 0.3) is 0 Å². The number of likely N-dealkylation sites (N-methyl/N-ethyl adjacent to an activating group) is 1. The third kappa shape index (κ3) is 3.46. The van der Waals surface area contributed by atoms with Crippen LogP contribution in [0.25, 0.3) is 11.3 Å². The molecule has 2 aromatic heterocycles. The first-order valence-electron chi connectivity index (χ1n) is 6.53. The van der Waals surface area contributed by atoms with E-state index in [9.17, 15) is 4.39 Å². The lowest BCUT2D eigenvalue weighted by molar-refractivity contribution is 0.628. The predicted molar refractivity (Wildman–Crippen MR) is 86.6 cm³/mol. The van der Waals surface area contributed by atoms with Crippen molar-refractivity contribution in [1.82, 2.24) is 9.97 Å². The zero-order valence-electron chi connectivity index (χ0n) is 11.5. The van der Waals surface area contributed by atoms with Crippen molar-refractivity contribution >= 4 is 27.8 Å². The first kappa shape index (κ1) is 14.2. The number of hydrogen-bond donors (Lipinski definition) is 0. The second-order valence-electron chi connectivity index (χ2n) is 4.62. The molecule has 0 fully saturated rings. The van der Waals surface area contributed by atoms with Crippen LogP contribution in [0, 0.1) is 5.82 Å². The summed E-state index contributed by atoms with van der Waals surface area (Å²) in [6, 6.07) is 6.43. The van der Waals surface area contributed by atoms with Crippen LogP contribution in [0.1, 0.15) is 5.01 Å². The van der Waals surface area contributed by atoms with Crippen LogP contribution >= 0.6 is 22.7 Å². The molecule has 1 aromatic carbocycles. The lowest BCUT2D eigenvalue weighted by Gasteiger charge is -2.14. The summed E-state index contributed by atoms with van der Waals surface area (Å²) in [7, 11) is 2.03. The molecule has 0 atom stereocenters. The van der Waals surface area contributed by atoms with E-state index in [0.29, 0.717) is 0 Å². The van der Waals surface area contributed by atoms with E-state index >= 15 is 0 Å². The van der Waals surface area contributed by atoms with Crippen LogP contribution in [0.3, 0.4) is 0 Å². The van der Waals surface area contributed by atoms with Gasteiger partial charge in [-0.25, -0.2) is 14.4 Å². The van der Waals surface area contributed by atoms with Gasteiger partial charge in [-0.05, 0) is 24.3 Å². The molecule has 2 heterocycles. The molecule has 0 spiro atoms. The Hall–Kier alpha value is -1.79. The molecule has 3 aromatic rings. The molecular weight excluding hydrogens is 305 g/mol. The van der Waals surface area contributed by atoms with E-state index < -0.39 is 0 Å². The van der Waals surface area contributed by atoms with Gasteiger partial charge in [0, 0.05) is 42.5 Å². The Morgan fingerprint density at radius 1 is 1.19 bits per heavy atom. The van der Waals surface area contributed by atoms with Crippen molar-refractivity contribution in [3.63, 3.8) is 0 Å². The second-order valence-corrected chi connectivity index (χ2v) is 6.44. The topological polar surface area (TPSA) is 29.0 Å². The van der Waals surface area contributed by atoms with E-state index in [-0.39, 0.29) is 5.82 Å². The summed E-state index contributed by atoms with van der Waals surface area (Å²) < 4.78 is 12.9. The summed E-state index contributed by atoms with van der Waals surface area (Å²) in [4.78, 5) is 11.0. The Kier molecular flexibility index (Phi) is 4.26. The van der Waals surface area contributed by atoms with E-state index in [0.717, 1.165) is 34.4 Å². The van der Waals surface area contributed by atoms with Gasteiger partial charge >= 0.3 is 0 Å². The molecule has 0 unspecified atom stereocenters. The van der Waals surface area contributed by atoms with Crippen LogP contribution in [0.2, 0.25) is 0 Å². The lowest BCUT2D eigenvalue weighted by Crippen LogP contribution is -2.19. The molecular formula is C15H14FN3S2. The van der Waals surface area contributed by atoms with Crippen molar-refractivity contribution in [2.75, 3.05) is 18.5 Å². The summed E-state index contributed by atoms with van der Waals surface area (Å²) in [6.07, 6.45) is 2.75. The highest BCUT2D eigenvalue weighted by molar-refractivity contribution is 7.14. The molecule has 0 saturated heterocycles. The molecule has 6 heteroatoms. The van der Waals surface area contributed by atoms with E-state index in [4.69, 9.17) is 0 Å². The van der Waals surface area contributed by atoms with Crippen molar-refractivity contribution in [3.05, 3.63) is 52.0 Å². The Balaban J connectivity index is 1.67. The van der Waals surface area contributed by atoms with E-state index in [1.165, 1.54) is 12.1 Å². The Bertz CT molecular complexity index is 692. The predicted octanol–water partition coefficient (Wildman–Crippen LogP) is 4.08. The van der Waals surface area contributed by atoms with Crippen LogP contribution in [0.5, 0.6) is 0 Å². The van der Waals surface area contributed by atoms with Gasteiger partial charge in [0.2, 0.25) is 0 Å². The molecule has 0 radical (unpaired) electrons. The minimum atomic E-state index is -0.227. The fourth-order valence-electron chi connectivity index (χ4n) is 1.93. The summed E-state index contributed by atoms with van der Waals surface area (Å²) in [5.41, 5.74) is 1.82. The molecule has 0 bridgehead atoms. The fourth-order valence-corrected chi connectivity index (χ4v) is 3.37. The highest BCUT2D eigenvalue weighted by Crippen LogP contribution is 2.27. The van der Waals surface area contributed by atoms with Crippen LogP contribution in [-0.2, 0) is 6.42 Å². The highest BCUT2D eigenvalue weighted by atomic mass is 32.1. The summed E-state index contributed by atoms with van der Waals surface area (Å²) in [6.45, 7) is 0.879. The number of hydrogen-bond acceptors (Lipinski definition) is 5. The highest BCUT2D eigenvalue weighted by Gasteiger charge is 2.09. The normalized spacial score (nSPS) is 10.8. The maximum atomic E-state index is 12.9. The van der Waals surface area contributed by atoms with Gasteiger partial charge in [-0.3, -0.25) is 0 Å². The number of benzene rings is 1. The molecule has 0 N–H and O–H groups in total. The minimum Gasteiger partial charge on any atom is -0.351 e. The quantitative estimate of drug-likeness (QED) is 0.709. The van der Waals surface area contributed by atoms with Crippen molar-refractivity contribution in [2.45, 2.75) is 6.42 Å². The summed E-state index contributed by atoms with van der Waals surface area (Å²) in [5.74, 6) is -0.227. The Morgan fingerprint density at radius 3 is 2.71 bits per heavy atom. The smallest absolute Gasteiger partial charge is 0.185 e. The van der Waals surface area contributed by atoms with Crippen molar-refractivity contribution in [2.24, 2.45) is 0 Å². The van der Waals surface area contributed by atoms with Crippen LogP contribution in [0.4, 0.5) is 9.52 Å². The maximum absolute atomic E-state index is 12.9. The number of halogens is 1. The van der Waals surface area contributed by atoms with Crippen molar-refractivity contribution < 1.29 is 4.39 Å². The molecule has 0 aliphatic carbocycles. The Labute approximate surface area is 130 Å². The molecule has 108 valence electrons. The average molecular weight is 319 g/mol. The number of anilines is 1.